The van der Waals surface area contributed by atoms with Crippen LogP contribution in [0.3, 0.4) is 0 Å². The van der Waals surface area contributed by atoms with Crippen LogP contribution >= 0.6 is 0 Å². The molecule has 2 aromatic carbocycles. The molecule has 5 heteroatoms. The predicted molar refractivity (Wildman–Crippen MR) is 103 cm³/mol. The van der Waals surface area contributed by atoms with E-state index in [1.807, 2.05) is 42.5 Å². The van der Waals surface area contributed by atoms with Crippen molar-refractivity contribution in [3.63, 3.8) is 0 Å². The molecule has 0 bridgehead atoms. The number of ether oxygens (including phenoxy) is 1. The van der Waals surface area contributed by atoms with E-state index in [1.54, 1.807) is 0 Å². The van der Waals surface area contributed by atoms with E-state index in [2.05, 4.69) is 17.4 Å². The van der Waals surface area contributed by atoms with Gasteiger partial charge in [0, 0.05) is 6.54 Å². The highest BCUT2D eigenvalue weighted by molar-refractivity contribution is 5.76. The van der Waals surface area contributed by atoms with Crippen molar-refractivity contribution in [1.82, 2.24) is 5.32 Å². The first kappa shape index (κ1) is 18.0. The molecule has 2 aromatic rings. The van der Waals surface area contributed by atoms with Gasteiger partial charge in [-0.15, -0.1) is 0 Å². The zero-order valence-corrected chi connectivity index (χ0v) is 14.8. The fourth-order valence-corrected chi connectivity index (χ4v) is 3.40. The van der Waals surface area contributed by atoms with Gasteiger partial charge in [0.25, 0.3) is 0 Å². The van der Waals surface area contributed by atoms with E-state index in [0.29, 0.717) is 18.2 Å². The average molecular weight is 351 g/mol. The first-order valence-electron chi connectivity index (χ1n) is 9.07. The van der Waals surface area contributed by atoms with Crippen LogP contribution in [0.4, 0.5) is 0 Å². The standard InChI is InChI=1S/C21H25N3O2/c22-21(23)24-14-15-6-8-18(9-7-15)20(25)26-19-12-10-17(11-13-19)16-4-2-1-3-5-16/h1-5,10-13,15,18H,6-9,14H2,(H4,22,23,24). The Balaban J connectivity index is 1.50. The zero-order valence-electron chi connectivity index (χ0n) is 14.8. The van der Waals surface area contributed by atoms with Crippen LogP contribution < -0.4 is 15.8 Å². The largest absolute Gasteiger partial charge is 0.426 e. The Morgan fingerprint density at radius 2 is 1.62 bits per heavy atom. The molecule has 0 atom stereocenters. The molecule has 0 spiro atoms. The Bertz CT molecular complexity index is 736. The van der Waals surface area contributed by atoms with Crippen molar-refractivity contribution in [2.45, 2.75) is 25.7 Å². The van der Waals surface area contributed by atoms with Gasteiger partial charge in [0.15, 0.2) is 5.96 Å². The Labute approximate surface area is 154 Å². The van der Waals surface area contributed by atoms with Crippen molar-refractivity contribution in [1.29, 1.82) is 5.41 Å². The molecule has 136 valence electrons. The lowest BCUT2D eigenvalue weighted by molar-refractivity contribution is -0.140. The SMILES string of the molecule is N=C(N)NCC1CCC(C(=O)Oc2ccc(-c3ccccc3)cc2)CC1. The van der Waals surface area contributed by atoms with Crippen LogP contribution in [0.2, 0.25) is 0 Å². The van der Waals surface area contributed by atoms with Crippen molar-refractivity contribution < 1.29 is 9.53 Å². The summed E-state index contributed by atoms with van der Waals surface area (Å²) >= 11 is 0. The third-order valence-corrected chi connectivity index (χ3v) is 4.94. The molecule has 0 aliphatic heterocycles. The molecule has 3 rings (SSSR count). The van der Waals surface area contributed by atoms with Crippen molar-refractivity contribution >= 4 is 11.9 Å². The number of carbonyl (C=O) groups excluding carboxylic acids is 1. The van der Waals surface area contributed by atoms with Gasteiger partial charge in [-0.3, -0.25) is 10.2 Å². The lowest BCUT2D eigenvalue weighted by Gasteiger charge is -2.27. The van der Waals surface area contributed by atoms with Gasteiger partial charge in [-0.1, -0.05) is 42.5 Å². The number of benzene rings is 2. The van der Waals surface area contributed by atoms with Crippen molar-refractivity contribution in [3.05, 3.63) is 54.6 Å². The maximum Gasteiger partial charge on any atom is 0.314 e. The van der Waals surface area contributed by atoms with Gasteiger partial charge in [-0.05, 0) is 54.9 Å². The lowest BCUT2D eigenvalue weighted by atomic mass is 9.82. The van der Waals surface area contributed by atoms with E-state index in [1.165, 1.54) is 0 Å². The summed E-state index contributed by atoms with van der Waals surface area (Å²) in [7, 11) is 0. The highest BCUT2D eigenvalue weighted by Crippen LogP contribution is 2.30. The second kappa shape index (κ2) is 8.52. The molecular formula is C21H25N3O2. The summed E-state index contributed by atoms with van der Waals surface area (Å²) in [5.74, 6) is 0.876. The van der Waals surface area contributed by atoms with E-state index in [-0.39, 0.29) is 17.8 Å². The van der Waals surface area contributed by atoms with Gasteiger partial charge in [0.2, 0.25) is 0 Å². The smallest absolute Gasteiger partial charge is 0.314 e. The van der Waals surface area contributed by atoms with Crippen LogP contribution in [-0.2, 0) is 4.79 Å². The predicted octanol–water partition coefficient (Wildman–Crippen LogP) is 3.55. The van der Waals surface area contributed by atoms with Crippen LogP contribution in [0.25, 0.3) is 11.1 Å². The first-order chi connectivity index (χ1) is 12.6. The minimum absolute atomic E-state index is 0.00508. The lowest BCUT2D eigenvalue weighted by Crippen LogP contribution is -2.36. The Morgan fingerprint density at radius 1 is 1.00 bits per heavy atom. The van der Waals surface area contributed by atoms with Crippen LogP contribution in [0.1, 0.15) is 25.7 Å². The van der Waals surface area contributed by atoms with Crippen molar-refractivity contribution in [3.8, 4) is 16.9 Å². The summed E-state index contributed by atoms with van der Waals surface area (Å²) in [4.78, 5) is 12.4. The molecule has 0 saturated heterocycles. The molecular weight excluding hydrogens is 326 g/mol. The Morgan fingerprint density at radius 3 is 2.23 bits per heavy atom. The van der Waals surface area contributed by atoms with Gasteiger partial charge in [-0.25, -0.2) is 0 Å². The van der Waals surface area contributed by atoms with Crippen LogP contribution in [-0.4, -0.2) is 18.5 Å². The average Bonchev–Trinajstić information content (AvgIpc) is 2.68. The Hall–Kier alpha value is -2.82. The minimum Gasteiger partial charge on any atom is -0.426 e. The van der Waals surface area contributed by atoms with Crippen LogP contribution in [0.5, 0.6) is 5.75 Å². The van der Waals surface area contributed by atoms with Crippen LogP contribution in [0, 0.1) is 17.2 Å². The van der Waals surface area contributed by atoms with E-state index in [9.17, 15) is 4.79 Å². The molecule has 0 radical (unpaired) electrons. The molecule has 1 aliphatic carbocycles. The number of rotatable bonds is 5. The zero-order chi connectivity index (χ0) is 18.4. The topological polar surface area (TPSA) is 88.2 Å². The van der Waals surface area contributed by atoms with Crippen molar-refractivity contribution in [2.24, 2.45) is 17.6 Å². The molecule has 5 nitrogen and oxygen atoms in total. The fraction of sp³-hybridized carbons (Fsp3) is 0.333. The van der Waals surface area contributed by atoms with Gasteiger partial charge in [-0.2, -0.15) is 0 Å². The molecule has 1 aliphatic rings. The highest BCUT2D eigenvalue weighted by atomic mass is 16.5. The molecule has 0 unspecified atom stereocenters. The number of guanidine groups is 1. The van der Waals surface area contributed by atoms with E-state index in [0.717, 1.165) is 36.8 Å². The summed E-state index contributed by atoms with van der Waals surface area (Å²) in [5, 5.41) is 10.1. The maximum atomic E-state index is 12.4. The van der Waals surface area contributed by atoms with Crippen molar-refractivity contribution in [2.75, 3.05) is 6.54 Å². The molecule has 0 heterocycles. The first-order valence-corrected chi connectivity index (χ1v) is 9.07. The third-order valence-electron chi connectivity index (χ3n) is 4.94. The van der Waals surface area contributed by atoms with E-state index < -0.39 is 0 Å². The molecule has 1 saturated carbocycles. The second-order valence-corrected chi connectivity index (χ2v) is 6.82. The second-order valence-electron chi connectivity index (χ2n) is 6.82. The summed E-state index contributed by atoms with van der Waals surface area (Å²) in [6.45, 7) is 0.706. The quantitative estimate of drug-likeness (QED) is 0.333. The number of nitrogens with one attached hydrogen (secondary N) is 2. The van der Waals surface area contributed by atoms with E-state index in [4.69, 9.17) is 15.9 Å². The molecule has 0 aromatic heterocycles. The maximum absolute atomic E-state index is 12.4. The summed E-state index contributed by atoms with van der Waals surface area (Å²) in [6, 6.07) is 17.8. The molecule has 26 heavy (non-hydrogen) atoms. The number of hydrogen-bond donors (Lipinski definition) is 3. The Kier molecular flexibility index (Phi) is 5.89. The monoisotopic (exact) mass is 351 g/mol. The number of hydrogen-bond acceptors (Lipinski definition) is 3. The summed E-state index contributed by atoms with van der Waals surface area (Å²) in [5.41, 5.74) is 7.56. The van der Waals surface area contributed by atoms with Gasteiger partial charge in [0.05, 0.1) is 5.92 Å². The number of nitrogens with two attached hydrogens (primary N) is 1. The molecule has 0 amide bonds. The summed E-state index contributed by atoms with van der Waals surface area (Å²) in [6.07, 6.45) is 3.55. The number of esters is 1. The molecule has 1 fully saturated rings. The van der Waals surface area contributed by atoms with Gasteiger partial charge < -0.3 is 15.8 Å². The summed E-state index contributed by atoms with van der Waals surface area (Å²) < 4.78 is 5.57. The number of carbonyl (C=O) groups is 1. The minimum atomic E-state index is -0.143. The van der Waals surface area contributed by atoms with Crippen LogP contribution in [0.15, 0.2) is 54.6 Å². The third kappa shape index (κ3) is 4.85. The normalized spacial score (nSPS) is 19.5. The van der Waals surface area contributed by atoms with Gasteiger partial charge >= 0.3 is 5.97 Å². The van der Waals surface area contributed by atoms with Gasteiger partial charge in [0.1, 0.15) is 5.75 Å². The fourth-order valence-electron chi connectivity index (χ4n) is 3.40. The van der Waals surface area contributed by atoms with E-state index >= 15 is 0 Å². The molecule has 4 N–H and O–H groups in total. The highest BCUT2D eigenvalue weighted by Gasteiger charge is 2.27.